The minimum Gasteiger partial charge on any atom is -0.323 e. The Balaban J connectivity index is 1.50. The summed E-state index contributed by atoms with van der Waals surface area (Å²) in [6, 6.07) is 5.41. The van der Waals surface area contributed by atoms with Gasteiger partial charge in [0.25, 0.3) is 5.91 Å². The molecule has 0 bridgehead atoms. The molecule has 138 valence electrons. The summed E-state index contributed by atoms with van der Waals surface area (Å²) < 4.78 is 0. The highest BCUT2D eigenvalue weighted by Gasteiger charge is 2.51. The molecule has 1 saturated heterocycles. The SMILES string of the molecule is O=C(CN1C(=O)NC2(CCCCCC2)C1=O)c1ccc2c(c1)CCCC2. The second-order valence-corrected chi connectivity index (χ2v) is 7.93. The molecule has 3 aliphatic rings. The molecule has 1 saturated carbocycles. The van der Waals surface area contributed by atoms with E-state index in [2.05, 4.69) is 5.32 Å². The Labute approximate surface area is 154 Å². The van der Waals surface area contributed by atoms with Crippen LogP contribution in [0, 0.1) is 0 Å². The standard InChI is InChI=1S/C21H26N2O3/c24-18(17-10-9-15-7-3-4-8-16(15)13-17)14-23-19(25)21(22-20(23)26)11-5-1-2-6-12-21/h9-10,13H,1-8,11-12,14H2,(H,22,26). The van der Waals surface area contributed by atoms with Gasteiger partial charge >= 0.3 is 6.03 Å². The Kier molecular flexibility index (Phi) is 4.55. The average molecular weight is 354 g/mol. The smallest absolute Gasteiger partial charge is 0.323 e. The van der Waals surface area contributed by atoms with Crippen molar-refractivity contribution in [2.45, 2.75) is 69.7 Å². The van der Waals surface area contributed by atoms with Crippen LogP contribution >= 0.6 is 0 Å². The monoisotopic (exact) mass is 354 g/mol. The molecule has 1 heterocycles. The van der Waals surface area contributed by atoms with Crippen molar-refractivity contribution in [3.8, 4) is 0 Å². The highest BCUT2D eigenvalue weighted by Crippen LogP contribution is 2.33. The number of Topliss-reactive ketones (excluding diaryl/α,β-unsaturated/α-hetero) is 1. The summed E-state index contributed by atoms with van der Waals surface area (Å²) in [6.07, 6.45) is 9.87. The molecule has 2 aliphatic carbocycles. The van der Waals surface area contributed by atoms with E-state index in [4.69, 9.17) is 0 Å². The Bertz CT molecular complexity index is 748. The van der Waals surface area contributed by atoms with Crippen molar-refractivity contribution in [1.82, 2.24) is 10.2 Å². The summed E-state index contributed by atoms with van der Waals surface area (Å²) in [5.74, 6) is -0.372. The van der Waals surface area contributed by atoms with Crippen molar-refractivity contribution in [3.63, 3.8) is 0 Å². The van der Waals surface area contributed by atoms with Gasteiger partial charge in [0, 0.05) is 5.56 Å². The number of fused-ring (bicyclic) bond motifs is 1. The predicted octanol–water partition coefficient (Wildman–Crippen LogP) is 3.39. The summed E-state index contributed by atoms with van der Waals surface area (Å²) in [5.41, 5.74) is 2.39. The summed E-state index contributed by atoms with van der Waals surface area (Å²) >= 11 is 0. The van der Waals surface area contributed by atoms with Crippen LogP contribution in [0.2, 0.25) is 0 Å². The summed E-state index contributed by atoms with van der Waals surface area (Å²) in [4.78, 5) is 39.2. The van der Waals surface area contributed by atoms with Gasteiger partial charge in [0.2, 0.25) is 0 Å². The van der Waals surface area contributed by atoms with E-state index in [-0.39, 0.29) is 18.2 Å². The first-order valence-electron chi connectivity index (χ1n) is 9.88. The molecular weight excluding hydrogens is 328 g/mol. The van der Waals surface area contributed by atoms with Crippen LogP contribution < -0.4 is 5.32 Å². The fourth-order valence-electron chi connectivity index (χ4n) is 4.63. The summed E-state index contributed by atoms with van der Waals surface area (Å²) in [5, 5.41) is 2.90. The van der Waals surface area contributed by atoms with Gasteiger partial charge in [0.05, 0.1) is 6.54 Å². The van der Waals surface area contributed by atoms with E-state index in [0.717, 1.165) is 49.8 Å². The molecule has 0 unspecified atom stereocenters. The van der Waals surface area contributed by atoms with Gasteiger partial charge in [-0.15, -0.1) is 0 Å². The molecule has 2 fully saturated rings. The normalized spacial score (nSPS) is 22.1. The zero-order valence-corrected chi connectivity index (χ0v) is 15.2. The van der Waals surface area contributed by atoms with E-state index < -0.39 is 11.6 Å². The first-order valence-corrected chi connectivity index (χ1v) is 9.88. The number of carbonyl (C=O) groups excluding carboxylic acids is 3. The molecule has 3 amide bonds. The first-order chi connectivity index (χ1) is 12.6. The van der Waals surface area contributed by atoms with Crippen LogP contribution in [0.3, 0.4) is 0 Å². The number of hydrogen-bond donors (Lipinski definition) is 1. The Morgan fingerprint density at radius 3 is 2.38 bits per heavy atom. The van der Waals surface area contributed by atoms with Gasteiger partial charge in [-0.2, -0.15) is 0 Å². The maximum absolute atomic E-state index is 12.9. The topological polar surface area (TPSA) is 66.5 Å². The van der Waals surface area contributed by atoms with Gasteiger partial charge in [-0.25, -0.2) is 4.79 Å². The summed E-state index contributed by atoms with van der Waals surface area (Å²) in [7, 11) is 0. The predicted molar refractivity (Wildman–Crippen MR) is 98.1 cm³/mol. The van der Waals surface area contributed by atoms with Gasteiger partial charge in [0.1, 0.15) is 5.54 Å². The lowest BCUT2D eigenvalue weighted by Crippen LogP contribution is -2.46. The molecule has 4 rings (SSSR count). The van der Waals surface area contributed by atoms with E-state index >= 15 is 0 Å². The van der Waals surface area contributed by atoms with Crippen LogP contribution in [0.5, 0.6) is 0 Å². The second-order valence-electron chi connectivity index (χ2n) is 7.93. The van der Waals surface area contributed by atoms with Gasteiger partial charge in [-0.05, 0) is 55.7 Å². The van der Waals surface area contributed by atoms with Crippen LogP contribution in [0.1, 0.15) is 72.9 Å². The van der Waals surface area contributed by atoms with Crippen LogP contribution in [-0.2, 0) is 17.6 Å². The molecule has 0 atom stereocenters. The fourth-order valence-corrected chi connectivity index (χ4v) is 4.63. The third-order valence-corrected chi connectivity index (χ3v) is 6.18. The molecule has 0 radical (unpaired) electrons. The van der Waals surface area contributed by atoms with Crippen molar-refractivity contribution < 1.29 is 14.4 Å². The maximum Gasteiger partial charge on any atom is 0.325 e. The van der Waals surface area contributed by atoms with E-state index in [1.54, 1.807) is 0 Å². The zero-order valence-electron chi connectivity index (χ0n) is 15.2. The van der Waals surface area contributed by atoms with Crippen LogP contribution in [0.4, 0.5) is 4.79 Å². The number of carbonyl (C=O) groups is 3. The van der Waals surface area contributed by atoms with Gasteiger partial charge in [-0.3, -0.25) is 14.5 Å². The number of nitrogens with zero attached hydrogens (tertiary/aromatic N) is 1. The Morgan fingerprint density at radius 2 is 1.65 bits per heavy atom. The number of imide groups is 1. The minimum atomic E-state index is -0.774. The highest BCUT2D eigenvalue weighted by atomic mass is 16.2. The average Bonchev–Trinajstić information content (AvgIpc) is 2.83. The number of hydrogen-bond acceptors (Lipinski definition) is 3. The lowest BCUT2D eigenvalue weighted by Gasteiger charge is -2.24. The minimum absolute atomic E-state index is 0.160. The summed E-state index contributed by atoms with van der Waals surface area (Å²) in [6.45, 7) is -0.162. The maximum atomic E-state index is 12.9. The molecule has 0 aromatic heterocycles. The lowest BCUT2D eigenvalue weighted by molar-refractivity contribution is -0.131. The number of urea groups is 1. The molecule has 1 N–H and O–H groups in total. The first kappa shape index (κ1) is 17.3. The largest absolute Gasteiger partial charge is 0.325 e. The van der Waals surface area contributed by atoms with Gasteiger partial charge in [-0.1, -0.05) is 37.8 Å². The highest BCUT2D eigenvalue weighted by molar-refractivity contribution is 6.11. The van der Waals surface area contributed by atoms with E-state index in [1.165, 1.54) is 17.5 Å². The molecule has 1 aliphatic heterocycles. The Morgan fingerprint density at radius 1 is 0.962 bits per heavy atom. The lowest BCUT2D eigenvalue weighted by atomic mass is 9.89. The van der Waals surface area contributed by atoms with Gasteiger partial charge < -0.3 is 5.32 Å². The molecule has 5 heteroatoms. The number of benzene rings is 1. The zero-order chi connectivity index (χ0) is 18.1. The second kappa shape index (κ2) is 6.86. The van der Waals surface area contributed by atoms with Crippen molar-refractivity contribution in [1.29, 1.82) is 0 Å². The van der Waals surface area contributed by atoms with Crippen molar-refractivity contribution in [2.75, 3.05) is 6.54 Å². The number of ketones is 1. The number of rotatable bonds is 3. The molecule has 5 nitrogen and oxygen atoms in total. The number of nitrogens with one attached hydrogen (secondary N) is 1. The van der Waals surface area contributed by atoms with Crippen molar-refractivity contribution in [2.24, 2.45) is 0 Å². The van der Waals surface area contributed by atoms with Gasteiger partial charge in [0.15, 0.2) is 5.78 Å². The van der Waals surface area contributed by atoms with E-state index in [1.807, 2.05) is 18.2 Å². The van der Waals surface area contributed by atoms with Crippen LogP contribution in [0.25, 0.3) is 0 Å². The quantitative estimate of drug-likeness (QED) is 0.668. The number of aryl methyl sites for hydroxylation is 2. The van der Waals surface area contributed by atoms with Crippen LogP contribution in [0.15, 0.2) is 18.2 Å². The number of amides is 3. The van der Waals surface area contributed by atoms with Crippen molar-refractivity contribution >= 4 is 17.7 Å². The molecule has 1 aromatic rings. The third kappa shape index (κ3) is 3.04. The molecule has 1 aromatic carbocycles. The molecule has 26 heavy (non-hydrogen) atoms. The third-order valence-electron chi connectivity index (χ3n) is 6.18. The fraction of sp³-hybridized carbons (Fsp3) is 0.571. The van der Waals surface area contributed by atoms with Crippen molar-refractivity contribution in [3.05, 3.63) is 34.9 Å². The van der Waals surface area contributed by atoms with E-state index in [9.17, 15) is 14.4 Å². The molecular formula is C21H26N2O3. The van der Waals surface area contributed by atoms with Crippen LogP contribution in [-0.4, -0.2) is 34.7 Å². The molecule has 1 spiro atoms. The Hall–Kier alpha value is -2.17. The van der Waals surface area contributed by atoms with E-state index in [0.29, 0.717) is 18.4 Å².